The third kappa shape index (κ3) is 5.52. The number of rotatable bonds is 0. The molecule has 3 nitrogen and oxygen atoms in total. The second-order valence-corrected chi connectivity index (χ2v) is 4.01. The minimum absolute atomic E-state index is 0.125. The molecule has 15 heavy (non-hydrogen) atoms. The Kier molecular flexibility index (Phi) is 4.75. The Morgan fingerprint density at radius 2 is 1.67 bits per heavy atom. The molecule has 1 fully saturated rings. The van der Waals surface area contributed by atoms with Crippen LogP contribution in [-0.4, -0.2) is 38.0 Å². The largest absolute Gasteiger partial charge is 0.633 e. The van der Waals surface area contributed by atoms with Gasteiger partial charge in [0.2, 0.25) is 0 Å². The lowest BCUT2D eigenvalue weighted by Gasteiger charge is -2.41. The highest BCUT2D eigenvalue weighted by atomic mass is 16.6. The first-order chi connectivity index (χ1) is 7.10. The van der Waals surface area contributed by atoms with Crippen LogP contribution in [0.5, 0.6) is 0 Å². The van der Waals surface area contributed by atoms with Gasteiger partial charge in [0.15, 0.2) is 0 Å². The Morgan fingerprint density at radius 1 is 1.13 bits per heavy atom. The summed E-state index contributed by atoms with van der Waals surface area (Å²) < 4.78 is 4.86. The summed E-state index contributed by atoms with van der Waals surface area (Å²) in [7, 11) is 1.68. The lowest BCUT2D eigenvalue weighted by atomic mass is 10.2. The Hall–Kier alpha value is -0.900. The number of nitrogens with zero attached hydrogens (tertiary/aromatic N) is 1. The molecule has 1 aromatic carbocycles. The van der Waals surface area contributed by atoms with E-state index in [4.69, 9.17) is 4.74 Å². The fourth-order valence-electron chi connectivity index (χ4n) is 1.26. The third-order valence-corrected chi connectivity index (χ3v) is 2.36. The van der Waals surface area contributed by atoms with Crippen LogP contribution in [0.2, 0.25) is 0 Å². The smallest absolute Gasteiger partial charge is 0.102 e. The van der Waals surface area contributed by atoms with Crippen LogP contribution in [0.25, 0.3) is 0 Å². The maximum absolute atomic E-state index is 11.0. The summed E-state index contributed by atoms with van der Waals surface area (Å²) in [5.74, 6) is 0. The van der Waals surface area contributed by atoms with Crippen LogP contribution in [0.15, 0.2) is 30.3 Å². The van der Waals surface area contributed by atoms with Gasteiger partial charge in [-0.05, 0) is 6.92 Å². The van der Waals surface area contributed by atoms with E-state index in [9.17, 15) is 5.21 Å². The monoisotopic (exact) mass is 209 g/mol. The molecule has 1 aliphatic rings. The molecule has 0 amide bonds. The Labute approximate surface area is 91.5 Å². The molecule has 1 aromatic rings. The maximum atomic E-state index is 11.0. The summed E-state index contributed by atoms with van der Waals surface area (Å²) in [5.41, 5.74) is 1.32. The highest BCUT2D eigenvalue weighted by Gasteiger charge is 2.13. The van der Waals surface area contributed by atoms with Gasteiger partial charge in [-0.15, -0.1) is 0 Å². The van der Waals surface area contributed by atoms with Gasteiger partial charge < -0.3 is 14.6 Å². The van der Waals surface area contributed by atoms with Crippen LogP contribution in [-0.2, 0) is 4.74 Å². The molecule has 1 aliphatic heterocycles. The van der Waals surface area contributed by atoms with Gasteiger partial charge in [0.05, 0.1) is 20.3 Å². The van der Waals surface area contributed by atoms with Gasteiger partial charge in [0.25, 0.3) is 0 Å². The molecule has 0 aromatic heterocycles. The number of quaternary nitrogens is 1. The van der Waals surface area contributed by atoms with Gasteiger partial charge in [-0.3, -0.25) is 0 Å². The van der Waals surface area contributed by atoms with E-state index in [2.05, 4.69) is 19.1 Å². The van der Waals surface area contributed by atoms with E-state index in [0.29, 0.717) is 26.3 Å². The molecule has 0 saturated carbocycles. The number of morpholine rings is 1. The minimum Gasteiger partial charge on any atom is -0.633 e. The topological polar surface area (TPSA) is 32.3 Å². The summed E-state index contributed by atoms with van der Waals surface area (Å²) in [4.78, 5) is 0. The van der Waals surface area contributed by atoms with Crippen LogP contribution in [0.4, 0.5) is 0 Å². The molecule has 2 rings (SSSR count). The molecule has 0 radical (unpaired) electrons. The second-order valence-electron chi connectivity index (χ2n) is 4.01. The normalized spacial score (nSPS) is 18.9. The first kappa shape index (κ1) is 12.2. The Balaban J connectivity index is 0.000000151. The van der Waals surface area contributed by atoms with Crippen molar-refractivity contribution < 1.29 is 9.38 Å². The third-order valence-electron chi connectivity index (χ3n) is 2.36. The number of benzene rings is 1. The van der Waals surface area contributed by atoms with E-state index in [1.54, 1.807) is 7.05 Å². The van der Waals surface area contributed by atoms with Crippen LogP contribution in [0.1, 0.15) is 5.56 Å². The van der Waals surface area contributed by atoms with Crippen molar-refractivity contribution in [2.45, 2.75) is 6.92 Å². The number of hydroxylamine groups is 3. The highest BCUT2D eigenvalue weighted by molar-refractivity contribution is 5.11. The van der Waals surface area contributed by atoms with E-state index in [0.717, 1.165) is 0 Å². The van der Waals surface area contributed by atoms with Gasteiger partial charge in [0.1, 0.15) is 13.1 Å². The van der Waals surface area contributed by atoms with Crippen molar-refractivity contribution >= 4 is 0 Å². The van der Waals surface area contributed by atoms with Gasteiger partial charge >= 0.3 is 0 Å². The standard InChI is InChI=1S/C7H8.C5H11NO2/c1-7-5-3-2-4-6-7;1-6(7)2-4-8-5-3-6/h2-6H,1H3;2-5H2,1H3. The zero-order valence-electron chi connectivity index (χ0n) is 9.48. The molecule has 0 bridgehead atoms. The average Bonchev–Trinajstić information content (AvgIpc) is 2.19. The van der Waals surface area contributed by atoms with Crippen molar-refractivity contribution in [1.82, 2.24) is 0 Å². The quantitative estimate of drug-likeness (QED) is 0.483. The summed E-state index contributed by atoms with van der Waals surface area (Å²) in [6.45, 7) is 4.56. The van der Waals surface area contributed by atoms with Crippen LogP contribution in [0.3, 0.4) is 0 Å². The predicted molar refractivity (Wildman–Crippen MR) is 61.3 cm³/mol. The van der Waals surface area contributed by atoms with Gasteiger partial charge in [-0.2, -0.15) is 0 Å². The molecule has 1 saturated heterocycles. The molecule has 0 aliphatic carbocycles. The van der Waals surface area contributed by atoms with E-state index >= 15 is 0 Å². The summed E-state index contributed by atoms with van der Waals surface area (Å²) in [6.07, 6.45) is 0. The number of ether oxygens (including phenoxy) is 1. The Morgan fingerprint density at radius 3 is 1.93 bits per heavy atom. The zero-order chi connectivity index (χ0) is 11.1. The molecule has 0 unspecified atom stereocenters. The summed E-state index contributed by atoms with van der Waals surface area (Å²) in [5, 5.41) is 11.0. The molecule has 84 valence electrons. The molecule has 1 heterocycles. The van der Waals surface area contributed by atoms with Crippen LogP contribution in [0, 0.1) is 12.1 Å². The van der Waals surface area contributed by atoms with E-state index in [1.165, 1.54) is 5.56 Å². The summed E-state index contributed by atoms with van der Waals surface area (Å²) >= 11 is 0. The first-order valence-electron chi connectivity index (χ1n) is 5.25. The van der Waals surface area contributed by atoms with Gasteiger partial charge in [-0.25, -0.2) is 0 Å². The maximum Gasteiger partial charge on any atom is 0.102 e. The van der Waals surface area contributed by atoms with Crippen molar-refractivity contribution in [3.8, 4) is 0 Å². The van der Waals surface area contributed by atoms with Gasteiger partial charge in [-0.1, -0.05) is 35.9 Å². The highest BCUT2D eigenvalue weighted by Crippen LogP contribution is 2.02. The van der Waals surface area contributed by atoms with E-state index < -0.39 is 0 Å². The number of hydrogen-bond acceptors (Lipinski definition) is 2. The second kappa shape index (κ2) is 5.85. The average molecular weight is 209 g/mol. The zero-order valence-corrected chi connectivity index (χ0v) is 9.48. The van der Waals surface area contributed by atoms with Crippen molar-refractivity contribution in [3.63, 3.8) is 0 Å². The van der Waals surface area contributed by atoms with E-state index in [1.807, 2.05) is 18.2 Å². The van der Waals surface area contributed by atoms with E-state index in [-0.39, 0.29) is 4.65 Å². The minimum atomic E-state index is -0.125. The van der Waals surface area contributed by atoms with Crippen molar-refractivity contribution in [2.75, 3.05) is 33.4 Å². The molecular weight excluding hydrogens is 190 g/mol. The Bertz CT molecular complexity index is 264. The summed E-state index contributed by atoms with van der Waals surface area (Å²) in [6, 6.07) is 10.3. The first-order valence-corrected chi connectivity index (χ1v) is 5.25. The lowest BCUT2D eigenvalue weighted by molar-refractivity contribution is -0.869. The van der Waals surface area contributed by atoms with Crippen LogP contribution >= 0.6 is 0 Å². The molecule has 0 atom stereocenters. The fraction of sp³-hybridized carbons (Fsp3) is 0.500. The van der Waals surface area contributed by atoms with Crippen molar-refractivity contribution in [2.24, 2.45) is 0 Å². The molecular formula is C12H19NO2. The van der Waals surface area contributed by atoms with Gasteiger partial charge in [0, 0.05) is 0 Å². The van der Waals surface area contributed by atoms with Crippen molar-refractivity contribution in [3.05, 3.63) is 41.1 Å². The molecule has 0 N–H and O–H groups in total. The number of hydrogen-bond donors (Lipinski definition) is 0. The predicted octanol–water partition coefficient (Wildman–Crippen LogP) is 1.96. The molecule has 0 spiro atoms. The van der Waals surface area contributed by atoms with Crippen LogP contribution < -0.4 is 0 Å². The fourth-order valence-corrected chi connectivity index (χ4v) is 1.26. The number of aryl methyl sites for hydroxylation is 1. The van der Waals surface area contributed by atoms with Crippen molar-refractivity contribution in [1.29, 1.82) is 0 Å². The SMILES string of the molecule is C[N+]1([O-])CCOCC1.Cc1ccccc1. The number of likely N-dealkylation sites (N-methyl/N-ethyl adjacent to an activating group) is 1. The lowest BCUT2D eigenvalue weighted by Crippen LogP contribution is -2.46. The molecule has 3 heteroatoms.